The van der Waals surface area contributed by atoms with E-state index in [1.165, 1.54) is 12.8 Å². The second-order valence-electron chi connectivity index (χ2n) is 5.62. The van der Waals surface area contributed by atoms with Gasteiger partial charge in [-0.1, -0.05) is 11.8 Å². The molecule has 0 saturated heterocycles. The SMILES string of the molecule is CC(C)(C)NCCn1nnnc1SCC1CC1. The minimum absolute atomic E-state index is 0.148. The first-order valence-electron chi connectivity index (χ1n) is 6.18. The summed E-state index contributed by atoms with van der Waals surface area (Å²) in [5.41, 5.74) is 0.148. The number of thioether (sulfide) groups is 1. The average molecular weight is 255 g/mol. The normalized spacial score (nSPS) is 16.4. The number of hydrogen-bond acceptors (Lipinski definition) is 5. The second-order valence-corrected chi connectivity index (χ2v) is 6.60. The lowest BCUT2D eigenvalue weighted by Gasteiger charge is -2.20. The Morgan fingerprint density at radius 2 is 2.18 bits per heavy atom. The summed E-state index contributed by atoms with van der Waals surface area (Å²) < 4.78 is 1.89. The summed E-state index contributed by atoms with van der Waals surface area (Å²) in [6, 6.07) is 0. The molecular formula is C11H21N5S. The molecule has 1 aromatic rings. The van der Waals surface area contributed by atoms with Crippen molar-refractivity contribution in [2.24, 2.45) is 5.92 Å². The van der Waals surface area contributed by atoms with Gasteiger partial charge in [-0.25, -0.2) is 4.68 Å². The topological polar surface area (TPSA) is 55.6 Å². The van der Waals surface area contributed by atoms with Crippen LogP contribution in [0.15, 0.2) is 5.16 Å². The van der Waals surface area contributed by atoms with Gasteiger partial charge in [-0.15, -0.1) is 5.10 Å². The summed E-state index contributed by atoms with van der Waals surface area (Å²) in [6.45, 7) is 8.21. The predicted octanol–water partition coefficient (Wildman–Crippen LogP) is 1.56. The summed E-state index contributed by atoms with van der Waals surface area (Å²) in [5.74, 6) is 2.06. The van der Waals surface area contributed by atoms with Crippen LogP contribution < -0.4 is 5.32 Å². The van der Waals surface area contributed by atoms with Crippen LogP contribution in [0.5, 0.6) is 0 Å². The van der Waals surface area contributed by atoms with Gasteiger partial charge >= 0.3 is 0 Å². The Hall–Kier alpha value is -0.620. The Kier molecular flexibility index (Phi) is 4.04. The van der Waals surface area contributed by atoms with Gasteiger partial charge in [0.15, 0.2) is 0 Å². The van der Waals surface area contributed by atoms with Crippen LogP contribution in [0.25, 0.3) is 0 Å². The Bertz CT molecular complexity index is 353. The highest BCUT2D eigenvalue weighted by Gasteiger charge is 2.22. The zero-order valence-corrected chi connectivity index (χ0v) is 11.6. The molecule has 0 bridgehead atoms. The lowest BCUT2D eigenvalue weighted by atomic mass is 10.1. The second kappa shape index (κ2) is 5.35. The lowest BCUT2D eigenvalue weighted by molar-refractivity contribution is 0.396. The maximum atomic E-state index is 4.07. The van der Waals surface area contributed by atoms with Crippen LogP contribution in [-0.2, 0) is 6.54 Å². The molecule has 6 heteroatoms. The van der Waals surface area contributed by atoms with Crippen LogP contribution in [0.1, 0.15) is 33.6 Å². The van der Waals surface area contributed by atoms with Crippen molar-refractivity contribution in [3.8, 4) is 0 Å². The fraction of sp³-hybridized carbons (Fsp3) is 0.909. The van der Waals surface area contributed by atoms with E-state index in [2.05, 4.69) is 41.6 Å². The molecule has 0 atom stereocenters. The first kappa shape index (κ1) is 12.8. The molecule has 0 amide bonds. The zero-order chi connectivity index (χ0) is 12.3. The quantitative estimate of drug-likeness (QED) is 0.782. The number of rotatable bonds is 6. The molecule has 0 aromatic carbocycles. The summed E-state index contributed by atoms with van der Waals surface area (Å²) in [5, 5.41) is 16.2. The molecule has 0 radical (unpaired) electrons. The molecule has 0 spiro atoms. The fourth-order valence-corrected chi connectivity index (χ4v) is 2.54. The third-order valence-electron chi connectivity index (χ3n) is 2.62. The third-order valence-corrected chi connectivity index (χ3v) is 3.81. The van der Waals surface area contributed by atoms with E-state index in [-0.39, 0.29) is 5.54 Å². The molecule has 1 aromatic heterocycles. The molecule has 1 saturated carbocycles. The number of tetrazole rings is 1. The smallest absolute Gasteiger partial charge is 0.209 e. The van der Waals surface area contributed by atoms with E-state index in [9.17, 15) is 0 Å². The fourth-order valence-electron chi connectivity index (χ4n) is 1.45. The first-order valence-corrected chi connectivity index (χ1v) is 7.17. The van der Waals surface area contributed by atoms with Crippen molar-refractivity contribution in [3.63, 3.8) is 0 Å². The van der Waals surface area contributed by atoms with Gasteiger partial charge in [-0.05, 0) is 50.0 Å². The van der Waals surface area contributed by atoms with E-state index < -0.39 is 0 Å². The van der Waals surface area contributed by atoms with E-state index >= 15 is 0 Å². The number of hydrogen-bond donors (Lipinski definition) is 1. The van der Waals surface area contributed by atoms with Crippen molar-refractivity contribution in [1.82, 2.24) is 25.5 Å². The standard InChI is InChI=1S/C11H21N5S/c1-11(2,3)12-6-7-16-10(13-14-15-16)17-8-9-4-5-9/h9,12H,4-8H2,1-3H3. The van der Waals surface area contributed by atoms with E-state index in [4.69, 9.17) is 0 Å². The molecule has 1 aliphatic carbocycles. The van der Waals surface area contributed by atoms with Gasteiger partial charge in [-0.2, -0.15) is 0 Å². The molecule has 2 rings (SSSR count). The Labute approximate surface area is 107 Å². The van der Waals surface area contributed by atoms with Crippen LogP contribution in [0.4, 0.5) is 0 Å². The highest BCUT2D eigenvalue weighted by Crippen LogP contribution is 2.34. The van der Waals surface area contributed by atoms with Gasteiger partial charge in [0, 0.05) is 17.8 Å². The molecule has 1 aliphatic rings. The van der Waals surface area contributed by atoms with Crippen LogP contribution in [-0.4, -0.2) is 38.0 Å². The van der Waals surface area contributed by atoms with Gasteiger partial charge in [-0.3, -0.25) is 0 Å². The monoisotopic (exact) mass is 255 g/mol. The van der Waals surface area contributed by atoms with Crippen molar-refractivity contribution in [3.05, 3.63) is 0 Å². The average Bonchev–Trinajstić information content (AvgIpc) is 2.95. The molecule has 96 valence electrons. The minimum Gasteiger partial charge on any atom is -0.310 e. The summed E-state index contributed by atoms with van der Waals surface area (Å²) >= 11 is 1.78. The summed E-state index contributed by atoms with van der Waals surface area (Å²) in [7, 11) is 0. The molecule has 0 aliphatic heterocycles. The minimum atomic E-state index is 0.148. The van der Waals surface area contributed by atoms with Crippen molar-refractivity contribution >= 4 is 11.8 Å². The predicted molar refractivity (Wildman–Crippen MR) is 69.0 cm³/mol. The van der Waals surface area contributed by atoms with Crippen LogP contribution >= 0.6 is 11.8 Å². The zero-order valence-electron chi connectivity index (χ0n) is 10.8. The van der Waals surface area contributed by atoms with Gasteiger partial charge in [0.1, 0.15) is 0 Å². The lowest BCUT2D eigenvalue weighted by Crippen LogP contribution is -2.38. The van der Waals surface area contributed by atoms with Gasteiger partial charge in [0.2, 0.25) is 5.16 Å². The summed E-state index contributed by atoms with van der Waals surface area (Å²) in [6.07, 6.45) is 2.75. The maximum absolute atomic E-state index is 4.07. The highest BCUT2D eigenvalue weighted by atomic mass is 32.2. The van der Waals surface area contributed by atoms with Crippen molar-refractivity contribution < 1.29 is 0 Å². The van der Waals surface area contributed by atoms with E-state index in [1.807, 2.05) is 4.68 Å². The van der Waals surface area contributed by atoms with Crippen molar-refractivity contribution in [2.75, 3.05) is 12.3 Å². The number of nitrogens with zero attached hydrogens (tertiary/aromatic N) is 4. The number of nitrogens with one attached hydrogen (secondary N) is 1. The Morgan fingerprint density at radius 1 is 1.41 bits per heavy atom. The molecule has 0 unspecified atom stereocenters. The molecule has 5 nitrogen and oxygen atoms in total. The molecule has 1 N–H and O–H groups in total. The molecule has 1 heterocycles. The molecule has 17 heavy (non-hydrogen) atoms. The first-order chi connectivity index (χ1) is 8.04. The highest BCUT2D eigenvalue weighted by molar-refractivity contribution is 7.99. The Morgan fingerprint density at radius 3 is 2.82 bits per heavy atom. The largest absolute Gasteiger partial charge is 0.310 e. The van der Waals surface area contributed by atoms with E-state index in [1.54, 1.807) is 11.8 Å². The van der Waals surface area contributed by atoms with Gasteiger partial charge in [0.05, 0.1) is 6.54 Å². The molecule has 1 fully saturated rings. The van der Waals surface area contributed by atoms with E-state index in [0.29, 0.717) is 0 Å². The van der Waals surface area contributed by atoms with Crippen molar-refractivity contribution in [2.45, 2.75) is 50.9 Å². The van der Waals surface area contributed by atoms with Crippen LogP contribution in [0, 0.1) is 5.92 Å². The molecular weight excluding hydrogens is 234 g/mol. The van der Waals surface area contributed by atoms with Gasteiger partial charge in [0.25, 0.3) is 0 Å². The van der Waals surface area contributed by atoms with Crippen LogP contribution in [0.2, 0.25) is 0 Å². The van der Waals surface area contributed by atoms with Crippen molar-refractivity contribution in [1.29, 1.82) is 0 Å². The third kappa shape index (κ3) is 4.63. The maximum Gasteiger partial charge on any atom is 0.209 e. The number of aromatic nitrogens is 4. The summed E-state index contributed by atoms with van der Waals surface area (Å²) in [4.78, 5) is 0. The van der Waals surface area contributed by atoms with Gasteiger partial charge < -0.3 is 5.32 Å². The van der Waals surface area contributed by atoms with E-state index in [0.717, 1.165) is 29.9 Å². The van der Waals surface area contributed by atoms with Crippen LogP contribution in [0.3, 0.4) is 0 Å². The Balaban J connectivity index is 1.76.